The first-order valence-electron chi connectivity index (χ1n) is 7.20. The molecule has 0 amide bonds. The minimum Gasteiger partial charge on any atom is -0.384 e. The van der Waals surface area contributed by atoms with Gasteiger partial charge in [-0.05, 0) is 23.1 Å². The quantitative estimate of drug-likeness (QED) is 0.903. The molecule has 1 aliphatic rings. The van der Waals surface area contributed by atoms with Gasteiger partial charge in [-0.3, -0.25) is 4.90 Å². The lowest BCUT2D eigenvalue weighted by Gasteiger charge is -2.26. The van der Waals surface area contributed by atoms with Crippen molar-refractivity contribution in [2.24, 2.45) is 0 Å². The van der Waals surface area contributed by atoms with Crippen LogP contribution in [0, 0.1) is 0 Å². The highest BCUT2D eigenvalue weighted by Crippen LogP contribution is 2.24. The van der Waals surface area contributed by atoms with Crippen LogP contribution in [0.25, 0.3) is 0 Å². The van der Waals surface area contributed by atoms with Gasteiger partial charge in [-0.15, -0.1) is 0 Å². The smallest absolute Gasteiger partial charge is 0.0594 e. The maximum absolute atomic E-state index is 5.36. The zero-order valence-corrected chi connectivity index (χ0v) is 12.4. The molecule has 1 fully saturated rings. The second-order valence-electron chi connectivity index (χ2n) is 6.21. The Bertz CT molecular complexity index is 392. The highest BCUT2D eigenvalue weighted by atomic mass is 16.5. The van der Waals surface area contributed by atoms with Gasteiger partial charge in [0.2, 0.25) is 0 Å². The van der Waals surface area contributed by atoms with Gasteiger partial charge >= 0.3 is 0 Å². The van der Waals surface area contributed by atoms with E-state index in [1.165, 1.54) is 11.3 Å². The highest BCUT2D eigenvalue weighted by molar-refractivity contribution is 5.47. The largest absolute Gasteiger partial charge is 0.384 e. The summed E-state index contributed by atoms with van der Waals surface area (Å²) in [5.74, 6) is 0. The number of anilines is 1. The van der Waals surface area contributed by atoms with Crippen molar-refractivity contribution in [1.29, 1.82) is 0 Å². The molecular weight excluding hydrogens is 236 g/mol. The Kier molecular flexibility index (Phi) is 4.83. The van der Waals surface area contributed by atoms with E-state index in [0.717, 1.165) is 39.4 Å². The minimum atomic E-state index is 0.210. The first-order valence-corrected chi connectivity index (χ1v) is 7.20. The van der Waals surface area contributed by atoms with E-state index in [-0.39, 0.29) is 5.41 Å². The summed E-state index contributed by atoms with van der Waals surface area (Å²) in [4.78, 5) is 2.45. The summed E-state index contributed by atoms with van der Waals surface area (Å²) < 4.78 is 5.36. The van der Waals surface area contributed by atoms with E-state index < -0.39 is 0 Å². The molecule has 0 bridgehead atoms. The van der Waals surface area contributed by atoms with Crippen molar-refractivity contribution in [3.05, 3.63) is 29.8 Å². The van der Waals surface area contributed by atoms with Crippen LogP contribution in [0.3, 0.4) is 0 Å². The van der Waals surface area contributed by atoms with Crippen molar-refractivity contribution in [2.75, 3.05) is 44.7 Å². The summed E-state index contributed by atoms with van der Waals surface area (Å²) in [6, 6.07) is 8.75. The van der Waals surface area contributed by atoms with Gasteiger partial charge < -0.3 is 10.1 Å². The Morgan fingerprint density at radius 1 is 1.21 bits per heavy atom. The summed E-state index contributed by atoms with van der Waals surface area (Å²) in [6.07, 6.45) is 0. The molecule has 19 heavy (non-hydrogen) atoms. The number of morpholine rings is 1. The fraction of sp³-hybridized carbons (Fsp3) is 0.625. The van der Waals surface area contributed by atoms with Crippen molar-refractivity contribution in [2.45, 2.75) is 26.2 Å². The fourth-order valence-electron chi connectivity index (χ4n) is 2.28. The monoisotopic (exact) mass is 262 g/mol. The third-order valence-corrected chi connectivity index (χ3v) is 3.59. The predicted octanol–water partition coefficient (Wildman–Crippen LogP) is 2.73. The molecule has 1 heterocycles. The normalized spacial score (nSPS) is 17.4. The van der Waals surface area contributed by atoms with Gasteiger partial charge in [-0.1, -0.05) is 32.9 Å². The van der Waals surface area contributed by atoms with E-state index in [4.69, 9.17) is 4.74 Å². The summed E-state index contributed by atoms with van der Waals surface area (Å²) in [5.41, 5.74) is 2.81. The number of rotatable bonds is 4. The zero-order valence-electron chi connectivity index (χ0n) is 12.4. The summed E-state index contributed by atoms with van der Waals surface area (Å²) in [6.45, 7) is 12.7. The standard InChI is InChI=1S/C16H26N2O/c1-16(2,3)14-5-4-6-15(13-14)17-7-8-18-9-11-19-12-10-18/h4-6,13,17H,7-12H2,1-3H3. The first-order chi connectivity index (χ1) is 9.05. The van der Waals surface area contributed by atoms with Crippen molar-refractivity contribution in [3.63, 3.8) is 0 Å². The third kappa shape index (κ3) is 4.51. The van der Waals surface area contributed by atoms with Crippen molar-refractivity contribution < 1.29 is 4.74 Å². The van der Waals surface area contributed by atoms with Gasteiger partial charge in [0.15, 0.2) is 0 Å². The van der Waals surface area contributed by atoms with E-state index in [2.05, 4.69) is 55.3 Å². The van der Waals surface area contributed by atoms with Gasteiger partial charge in [0.1, 0.15) is 0 Å². The second-order valence-corrected chi connectivity index (χ2v) is 6.21. The molecule has 2 rings (SSSR count). The lowest BCUT2D eigenvalue weighted by molar-refractivity contribution is 0.0398. The summed E-state index contributed by atoms with van der Waals surface area (Å²) in [7, 11) is 0. The fourth-order valence-corrected chi connectivity index (χ4v) is 2.28. The highest BCUT2D eigenvalue weighted by Gasteiger charge is 2.13. The summed E-state index contributed by atoms with van der Waals surface area (Å²) in [5, 5.41) is 3.52. The van der Waals surface area contributed by atoms with Crippen LogP contribution in [0.4, 0.5) is 5.69 Å². The lowest BCUT2D eigenvalue weighted by Crippen LogP contribution is -2.39. The van der Waals surface area contributed by atoms with Gasteiger partial charge in [0.25, 0.3) is 0 Å². The first kappa shape index (κ1) is 14.4. The Balaban J connectivity index is 1.82. The van der Waals surface area contributed by atoms with Crippen LogP contribution >= 0.6 is 0 Å². The van der Waals surface area contributed by atoms with E-state index in [0.29, 0.717) is 0 Å². The van der Waals surface area contributed by atoms with Crippen LogP contribution in [-0.2, 0) is 10.2 Å². The second kappa shape index (κ2) is 6.40. The minimum absolute atomic E-state index is 0.210. The van der Waals surface area contributed by atoms with Crippen LogP contribution in [0.15, 0.2) is 24.3 Å². The molecular formula is C16H26N2O. The maximum atomic E-state index is 5.36. The van der Waals surface area contributed by atoms with E-state index in [1.54, 1.807) is 0 Å². The van der Waals surface area contributed by atoms with Crippen LogP contribution in [0.5, 0.6) is 0 Å². The third-order valence-electron chi connectivity index (χ3n) is 3.59. The van der Waals surface area contributed by atoms with Crippen LogP contribution in [0.2, 0.25) is 0 Å². The molecule has 0 unspecified atom stereocenters. The molecule has 1 aliphatic heterocycles. The van der Waals surface area contributed by atoms with Gasteiger partial charge in [0, 0.05) is 31.9 Å². The zero-order chi connectivity index (χ0) is 13.7. The van der Waals surface area contributed by atoms with Crippen molar-refractivity contribution in [3.8, 4) is 0 Å². The number of nitrogens with one attached hydrogen (secondary N) is 1. The number of hydrogen-bond acceptors (Lipinski definition) is 3. The van der Waals surface area contributed by atoms with Crippen LogP contribution in [0.1, 0.15) is 26.3 Å². The van der Waals surface area contributed by atoms with E-state index in [9.17, 15) is 0 Å². The molecule has 0 atom stereocenters. The molecule has 1 aromatic rings. The topological polar surface area (TPSA) is 24.5 Å². The Labute approximate surface area is 116 Å². The van der Waals surface area contributed by atoms with Gasteiger partial charge in [0.05, 0.1) is 13.2 Å². The van der Waals surface area contributed by atoms with Crippen LogP contribution in [-0.4, -0.2) is 44.3 Å². The molecule has 0 aliphatic carbocycles. The van der Waals surface area contributed by atoms with Gasteiger partial charge in [-0.25, -0.2) is 0 Å². The van der Waals surface area contributed by atoms with Crippen molar-refractivity contribution in [1.82, 2.24) is 4.90 Å². The molecule has 3 nitrogen and oxygen atoms in total. The Morgan fingerprint density at radius 2 is 1.95 bits per heavy atom. The molecule has 0 radical (unpaired) electrons. The van der Waals surface area contributed by atoms with Crippen molar-refractivity contribution >= 4 is 5.69 Å². The molecule has 1 N–H and O–H groups in total. The lowest BCUT2D eigenvalue weighted by atomic mass is 9.87. The van der Waals surface area contributed by atoms with Gasteiger partial charge in [-0.2, -0.15) is 0 Å². The average molecular weight is 262 g/mol. The molecule has 1 saturated heterocycles. The number of benzene rings is 1. The average Bonchev–Trinajstić information content (AvgIpc) is 2.39. The predicted molar refractivity (Wildman–Crippen MR) is 80.9 cm³/mol. The maximum Gasteiger partial charge on any atom is 0.0594 e. The number of hydrogen-bond donors (Lipinski definition) is 1. The molecule has 3 heteroatoms. The molecule has 0 saturated carbocycles. The Morgan fingerprint density at radius 3 is 2.63 bits per heavy atom. The van der Waals surface area contributed by atoms with E-state index >= 15 is 0 Å². The SMILES string of the molecule is CC(C)(C)c1cccc(NCCN2CCOCC2)c1. The van der Waals surface area contributed by atoms with Crippen LogP contribution < -0.4 is 5.32 Å². The molecule has 0 aromatic heterocycles. The Hall–Kier alpha value is -1.06. The van der Waals surface area contributed by atoms with E-state index in [1.807, 2.05) is 0 Å². The number of ether oxygens (including phenoxy) is 1. The number of nitrogens with zero attached hydrogens (tertiary/aromatic N) is 1. The molecule has 106 valence electrons. The molecule has 1 aromatic carbocycles. The summed E-state index contributed by atoms with van der Waals surface area (Å²) >= 11 is 0. The molecule has 0 spiro atoms.